The van der Waals surface area contributed by atoms with E-state index < -0.39 is 9.84 Å². The molecule has 0 saturated carbocycles. The summed E-state index contributed by atoms with van der Waals surface area (Å²) >= 11 is 0. The van der Waals surface area contributed by atoms with Gasteiger partial charge in [-0.1, -0.05) is 6.08 Å². The van der Waals surface area contributed by atoms with Crippen LogP contribution in [0.25, 0.3) is 0 Å². The summed E-state index contributed by atoms with van der Waals surface area (Å²) in [6.07, 6.45) is 7.90. The van der Waals surface area contributed by atoms with Gasteiger partial charge in [0.05, 0.1) is 18.0 Å². The van der Waals surface area contributed by atoms with Crippen molar-refractivity contribution in [2.24, 2.45) is 4.99 Å². The largest absolute Gasteiger partial charge is 0.372 e. The summed E-state index contributed by atoms with van der Waals surface area (Å²) in [5.41, 5.74) is 4.60. The number of hydrogen-bond acceptors (Lipinski definition) is 5. The highest BCUT2D eigenvalue weighted by Gasteiger charge is 2.15. The minimum Gasteiger partial charge on any atom is -0.372 e. The number of rotatable bonds is 7. The fraction of sp³-hybridized carbons (Fsp3) is 0.500. The number of nitrogens with zero attached hydrogens (tertiary/aromatic N) is 2. The summed E-state index contributed by atoms with van der Waals surface area (Å²) in [6, 6.07) is 6.59. The molecule has 0 unspecified atom stereocenters. The Balaban J connectivity index is 1.75. The molecule has 0 aliphatic carbocycles. The number of allylic oxidation sites excluding steroid dienone is 1. The molecule has 1 aromatic carbocycles. The molecule has 0 spiro atoms. The fourth-order valence-electron chi connectivity index (χ4n) is 3.13. The summed E-state index contributed by atoms with van der Waals surface area (Å²) < 4.78 is 22.5. The summed E-state index contributed by atoms with van der Waals surface area (Å²) in [5.74, 6) is 0.168. The van der Waals surface area contributed by atoms with E-state index in [0.29, 0.717) is 13.1 Å². The van der Waals surface area contributed by atoms with Gasteiger partial charge in [-0.05, 0) is 42.7 Å². The third-order valence-electron chi connectivity index (χ3n) is 4.37. The van der Waals surface area contributed by atoms with E-state index in [1.165, 1.54) is 30.3 Å². The molecule has 2 heterocycles. The van der Waals surface area contributed by atoms with Crippen LogP contribution in [0.2, 0.25) is 0 Å². The lowest BCUT2D eigenvalue weighted by molar-refractivity contribution is 0.596. The maximum absolute atomic E-state index is 11.2. The Bertz CT molecular complexity index is 748. The molecule has 0 amide bonds. The Morgan fingerprint density at radius 1 is 1.21 bits per heavy atom. The Labute approximate surface area is 144 Å². The zero-order valence-electron chi connectivity index (χ0n) is 14.2. The highest BCUT2D eigenvalue weighted by Crippen LogP contribution is 2.24. The van der Waals surface area contributed by atoms with Gasteiger partial charge in [-0.15, -0.1) is 0 Å². The second-order valence-corrected chi connectivity index (χ2v) is 8.78. The maximum atomic E-state index is 11.2. The van der Waals surface area contributed by atoms with Crippen LogP contribution in [0.3, 0.4) is 0 Å². The van der Waals surface area contributed by atoms with Gasteiger partial charge < -0.3 is 10.2 Å². The zero-order valence-corrected chi connectivity index (χ0v) is 15.0. The molecule has 1 saturated heterocycles. The van der Waals surface area contributed by atoms with Gasteiger partial charge in [-0.2, -0.15) is 0 Å². The monoisotopic (exact) mass is 347 g/mol. The van der Waals surface area contributed by atoms with Crippen LogP contribution >= 0.6 is 0 Å². The molecule has 1 N–H and O–H groups in total. The first-order chi connectivity index (χ1) is 11.5. The number of anilines is 1. The van der Waals surface area contributed by atoms with E-state index >= 15 is 0 Å². The van der Waals surface area contributed by atoms with Crippen LogP contribution in [0.4, 0.5) is 5.69 Å². The summed E-state index contributed by atoms with van der Waals surface area (Å²) in [5, 5.41) is 3.24. The van der Waals surface area contributed by atoms with Gasteiger partial charge in [-0.25, -0.2) is 8.42 Å². The first kappa shape index (κ1) is 17.2. The molecule has 1 aromatic rings. The normalized spacial score (nSPS) is 17.5. The Morgan fingerprint density at radius 2 is 2.00 bits per heavy atom. The van der Waals surface area contributed by atoms with Gasteiger partial charge in [0.2, 0.25) is 0 Å². The quantitative estimate of drug-likeness (QED) is 0.764. The molecule has 6 heteroatoms. The first-order valence-corrected chi connectivity index (χ1v) is 10.6. The highest BCUT2D eigenvalue weighted by molar-refractivity contribution is 7.90. The van der Waals surface area contributed by atoms with E-state index in [9.17, 15) is 8.42 Å². The van der Waals surface area contributed by atoms with Crippen molar-refractivity contribution in [3.8, 4) is 0 Å². The molecule has 2 aliphatic rings. The maximum Gasteiger partial charge on any atom is 0.148 e. The van der Waals surface area contributed by atoms with E-state index in [0.717, 1.165) is 30.9 Å². The molecule has 3 rings (SSSR count). The van der Waals surface area contributed by atoms with Crippen molar-refractivity contribution in [2.45, 2.75) is 19.4 Å². The molecule has 0 bridgehead atoms. The van der Waals surface area contributed by atoms with E-state index in [4.69, 9.17) is 0 Å². The molecule has 2 aliphatic heterocycles. The minimum atomic E-state index is -2.92. The second kappa shape index (κ2) is 7.49. The van der Waals surface area contributed by atoms with E-state index in [-0.39, 0.29) is 5.75 Å². The van der Waals surface area contributed by atoms with Crippen LogP contribution in [0, 0.1) is 0 Å². The van der Waals surface area contributed by atoms with Gasteiger partial charge in [-0.3, -0.25) is 4.99 Å². The SMILES string of the molecule is CS(=O)(=O)CCNCc1cc(C2=NCC=C2)cc(N2CCCC2)c1. The van der Waals surface area contributed by atoms with Crippen LogP contribution < -0.4 is 10.2 Å². The number of aliphatic imine (C=N–C) groups is 1. The molecule has 0 atom stereocenters. The zero-order chi connectivity index (χ0) is 17.0. The summed E-state index contributed by atoms with van der Waals surface area (Å²) in [4.78, 5) is 6.95. The third kappa shape index (κ3) is 4.68. The third-order valence-corrected chi connectivity index (χ3v) is 5.31. The molecular formula is C18H25N3O2S. The Hall–Kier alpha value is -1.66. The van der Waals surface area contributed by atoms with Crippen molar-refractivity contribution < 1.29 is 8.42 Å². The predicted molar refractivity (Wildman–Crippen MR) is 99.9 cm³/mol. The first-order valence-electron chi connectivity index (χ1n) is 8.50. The Morgan fingerprint density at radius 3 is 2.67 bits per heavy atom. The van der Waals surface area contributed by atoms with E-state index in [2.05, 4.69) is 45.6 Å². The lowest BCUT2D eigenvalue weighted by atomic mass is 10.0. The highest BCUT2D eigenvalue weighted by atomic mass is 32.2. The molecule has 24 heavy (non-hydrogen) atoms. The summed E-state index contributed by atoms with van der Waals surface area (Å²) in [6.45, 7) is 4.11. The number of hydrogen-bond donors (Lipinski definition) is 1. The molecule has 5 nitrogen and oxygen atoms in total. The van der Waals surface area contributed by atoms with E-state index in [1.54, 1.807) is 0 Å². The van der Waals surface area contributed by atoms with Gasteiger partial charge in [0.25, 0.3) is 0 Å². The van der Waals surface area contributed by atoms with Crippen molar-refractivity contribution >= 4 is 21.2 Å². The van der Waals surface area contributed by atoms with Gasteiger partial charge >= 0.3 is 0 Å². The Kier molecular flexibility index (Phi) is 5.36. The van der Waals surface area contributed by atoms with Crippen molar-refractivity contribution in [3.05, 3.63) is 41.5 Å². The van der Waals surface area contributed by atoms with Crippen molar-refractivity contribution in [3.63, 3.8) is 0 Å². The van der Waals surface area contributed by atoms with Gasteiger partial charge in [0.1, 0.15) is 9.84 Å². The molecule has 1 fully saturated rings. The van der Waals surface area contributed by atoms with Crippen LogP contribution in [0.5, 0.6) is 0 Å². The van der Waals surface area contributed by atoms with Crippen LogP contribution in [-0.4, -0.2) is 52.3 Å². The van der Waals surface area contributed by atoms with Crippen molar-refractivity contribution in [1.82, 2.24) is 5.32 Å². The topological polar surface area (TPSA) is 61.8 Å². The molecule has 0 aromatic heterocycles. The fourth-order valence-corrected chi connectivity index (χ4v) is 3.64. The summed E-state index contributed by atoms with van der Waals surface area (Å²) in [7, 11) is -2.92. The standard InChI is InChI=1S/C18H25N3O2S/c1-24(22,23)10-7-19-14-15-11-16(18-5-4-6-20-18)13-17(12-15)21-8-2-3-9-21/h4-5,11-13,19H,2-3,6-10,14H2,1H3. The average molecular weight is 347 g/mol. The number of nitrogens with one attached hydrogen (secondary N) is 1. The molecule has 130 valence electrons. The van der Waals surface area contributed by atoms with Crippen LogP contribution in [0.1, 0.15) is 24.0 Å². The second-order valence-electron chi connectivity index (χ2n) is 6.52. The van der Waals surface area contributed by atoms with Crippen molar-refractivity contribution in [1.29, 1.82) is 0 Å². The smallest absolute Gasteiger partial charge is 0.148 e. The number of benzene rings is 1. The van der Waals surface area contributed by atoms with Crippen LogP contribution in [0.15, 0.2) is 35.3 Å². The van der Waals surface area contributed by atoms with Crippen LogP contribution in [-0.2, 0) is 16.4 Å². The van der Waals surface area contributed by atoms with E-state index in [1.807, 2.05) is 0 Å². The van der Waals surface area contributed by atoms with Gasteiger partial charge in [0.15, 0.2) is 0 Å². The lowest BCUT2D eigenvalue weighted by Crippen LogP contribution is -2.23. The molecule has 0 radical (unpaired) electrons. The minimum absolute atomic E-state index is 0.168. The molecular weight excluding hydrogens is 322 g/mol. The lowest BCUT2D eigenvalue weighted by Gasteiger charge is -2.20. The van der Waals surface area contributed by atoms with Gasteiger partial charge in [0, 0.05) is 43.7 Å². The average Bonchev–Trinajstić information content (AvgIpc) is 3.23. The predicted octanol–water partition coefficient (Wildman–Crippen LogP) is 1.78. The number of sulfone groups is 1. The van der Waals surface area contributed by atoms with Crippen molar-refractivity contribution in [2.75, 3.05) is 43.1 Å².